The van der Waals surface area contributed by atoms with E-state index in [1.165, 1.54) is 0 Å². The summed E-state index contributed by atoms with van der Waals surface area (Å²) in [5.74, 6) is 0. The lowest BCUT2D eigenvalue weighted by molar-refractivity contribution is 0.147. The maximum atomic E-state index is 13.2. The van der Waals surface area contributed by atoms with Crippen molar-refractivity contribution in [3.63, 3.8) is 0 Å². The van der Waals surface area contributed by atoms with Gasteiger partial charge in [0.25, 0.3) is 5.56 Å². The molecule has 1 saturated carbocycles. The largest absolute Gasteiger partial charge is 0.304 e. The zero-order chi connectivity index (χ0) is 19.8. The lowest BCUT2D eigenvalue weighted by Crippen LogP contribution is -2.45. The van der Waals surface area contributed by atoms with Gasteiger partial charge in [0, 0.05) is 65.8 Å². The van der Waals surface area contributed by atoms with Crippen molar-refractivity contribution in [2.24, 2.45) is 0 Å². The molecular formula is C21H28N4O2S. The van der Waals surface area contributed by atoms with Gasteiger partial charge in [-0.3, -0.25) is 13.9 Å². The summed E-state index contributed by atoms with van der Waals surface area (Å²) >= 11 is 0. The Balaban J connectivity index is 1.77. The third-order valence-corrected chi connectivity index (χ3v) is 6.71. The van der Waals surface area contributed by atoms with Crippen LogP contribution < -0.4 is 5.56 Å². The Hall–Kier alpha value is -1.83. The van der Waals surface area contributed by atoms with Crippen LogP contribution >= 0.6 is 0 Å². The molecule has 2 aromatic rings. The summed E-state index contributed by atoms with van der Waals surface area (Å²) in [6, 6.07) is 7.94. The molecular weight excluding hydrogens is 372 g/mol. The normalized spacial score (nSPS) is 19.7. The summed E-state index contributed by atoms with van der Waals surface area (Å²) in [6.45, 7) is 6.67. The molecule has 1 aliphatic heterocycles. The van der Waals surface area contributed by atoms with Gasteiger partial charge in [0.05, 0.1) is 11.7 Å². The van der Waals surface area contributed by atoms with Gasteiger partial charge in [-0.1, -0.05) is 12.1 Å². The quantitative estimate of drug-likeness (QED) is 0.769. The summed E-state index contributed by atoms with van der Waals surface area (Å²) < 4.78 is 13.6. The Morgan fingerprint density at radius 2 is 1.89 bits per heavy atom. The van der Waals surface area contributed by atoms with E-state index in [2.05, 4.69) is 16.8 Å². The van der Waals surface area contributed by atoms with E-state index >= 15 is 0 Å². The first-order valence-electron chi connectivity index (χ1n) is 9.91. The highest BCUT2D eigenvalue weighted by molar-refractivity contribution is 7.84. The van der Waals surface area contributed by atoms with Crippen LogP contribution in [0.4, 0.5) is 0 Å². The summed E-state index contributed by atoms with van der Waals surface area (Å²) in [5, 5.41) is 4.75. The predicted molar refractivity (Wildman–Crippen MR) is 112 cm³/mol. The maximum absolute atomic E-state index is 13.2. The molecule has 4 rings (SSSR count). The molecule has 1 unspecified atom stereocenters. The van der Waals surface area contributed by atoms with Crippen LogP contribution in [0.5, 0.6) is 0 Å². The van der Waals surface area contributed by atoms with Crippen molar-refractivity contribution < 1.29 is 4.21 Å². The number of nitrogens with zero attached hydrogens (tertiary/aromatic N) is 4. The monoisotopic (exact) mass is 400 g/mol. The van der Waals surface area contributed by atoms with Gasteiger partial charge in [0.1, 0.15) is 0 Å². The van der Waals surface area contributed by atoms with Gasteiger partial charge < -0.3 is 4.90 Å². The van der Waals surface area contributed by atoms with E-state index in [1.54, 1.807) is 10.9 Å². The highest BCUT2D eigenvalue weighted by Crippen LogP contribution is 2.34. The Bertz CT molecular complexity index is 959. The van der Waals surface area contributed by atoms with Crippen molar-refractivity contribution >= 4 is 10.8 Å². The van der Waals surface area contributed by atoms with Gasteiger partial charge >= 0.3 is 0 Å². The smallest absolute Gasteiger partial charge is 0.271 e. The number of hydrogen-bond donors (Lipinski definition) is 0. The molecule has 1 saturated heterocycles. The first-order valence-corrected chi connectivity index (χ1v) is 11.5. The Morgan fingerprint density at radius 1 is 1.18 bits per heavy atom. The van der Waals surface area contributed by atoms with Crippen LogP contribution in [-0.4, -0.2) is 63.3 Å². The summed E-state index contributed by atoms with van der Waals surface area (Å²) in [4.78, 5) is 18.6. The second-order valence-electron chi connectivity index (χ2n) is 7.99. The zero-order valence-corrected chi connectivity index (χ0v) is 17.7. The zero-order valence-electron chi connectivity index (χ0n) is 16.9. The predicted octanol–water partition coefficient (Wildman–Crippen LogP) is 2.04. The van der Waals surface area contributed by atoms with E-state index in [9.17, 15) is 9.00 Å². The van der Waals surface area contributed by atoms with E-state index in [-0.39, 0.29) is 11.6 Å². The molecule has 2 fully saturated rings. The van der Waals surface area contributed by atoms with Crippen molar-refractivity contribution in [3.05, 3.63) is 45.7 Å². The molecule has 0 radical (unpaired) electrons. The maximum Gasteiger partial charge on any atom is 0.271 e. The molecule has 1 atom stereocenters. The van der Waals surface area contributed by atoms with E-state index in [0.717, 1.165) is 66.3 Å². The van der Waals surface area contributed by atoms with Crippen molar-refractivity contribution in [2.75, 3.05) is 39.5 Å². The molecule has 0 spiro atoms. The van der Waals surface area contributed by atoms with Gasteiger partial charge in [-0.15, -0.1) is 0 Å². The molecule has 0 bridgehead atoms. The van der Waals surface area contributed by atoms with Crippen molar-refractivity contribution in [2.45, 2.75) is 37.2 Å². The molecule has 28 heavy (non-hydrogen) atoms. The number of hydrogen-bond acceptors (Lipinski definition) is 5. The van der Waals surface area contributed by atoms with Gasteiger partial charge in [0.15, 0.2) is 0 Å². The third-order valence-electron chi connectivity index (χ3n) is 5.79. The van der Waals surface area contributed by atoms with Crippen molar-refractivity contribution in [3.8, 4) is 11.3 Å². The topological polar surface area (TPSA) is 58.4 Å². The van der Waals surface area contributed by atoms with Crippen molar-refractivity contribution in [1.82, 2.24) is 19.6 Å². The Morgan fingerprint density at radius 3 is 2.54 bits per heavy atom. The SMILES string of the molecule is Cc1c(-c2cccc(S(C)=O)c2)nn(C2CC2)c(=O)c1CN1CCN(C)CC1. The summed E-state index contributed by atoms with van der Waals surface area (Å²) in [6.07, 6.45) is 3.72. The van der Waals surface area contributed by atoms with Crippen LogP contribution in [0.1, 0.15) is 30.0 Å². The van der Waals surface area contributed by atoms with E-state index in [1.807, 2.05) is 31.2 Å². The molecule has 150 valence electrons. The fourth-order valence-corrected chi connectivity index (χ4v) is 4.31. The second-order valence-corrected chi connectivity index (χ2v) is 9.37. The van der Waals surface area contributed by atoms with Crippen molar-refractivity contribution in [1.29, 1.82) is 0 Å². The lowest BCUT2D eigenvalue weighted by Gasteiger charge is -2.32. The fraction of sp³-hybridized carbons (Fsp3) is 0.524. The minimum atomic E-state index is -1.05. The highest BCUT2D eigenvalue weighted by Gasteiger charge is 2.29. The average Bonchev–Trinajstić information content (AvgIpc) is 3.52. The van der Waals surface area contributed by atoms with E-state index < -0.39 is 10.8 Å². The minimum Gasteiger partial charge on any atom is -0.304 e. The number of aromatic nitrogens is 2. The molecule has 2 aliphatic rings. The van der Waals surface area contributed by atoms with Crippen LogP contribution in [0.25, 0.3) is 11.3 Å². The summed E-state index contributed by atoms with van der Waals surface area (Å²) in [7, 11) is 1.09. The first-order chi connectivity index (χ1) is 13.4. The molecule has 1 aliphatic carbocycles. The number of likely N-dealkylation sites (N-methyl/N-ethyl adjacent to an activating group) is 1. The van der Waals surface area contributed by atoms with Gasteiger partial charge in [0.2, 0.25) is 0 Å². The van der Waals surface area contributed by atoms with Gasteiger partial charge in [-0.2, -0.15) is 5.10 Å². The molecule has 1 aromatic heterocycles. The molecule has 0 amide bonds. The van der Waals surface area contributed by atoms with Crippen LogP contribution in [0.15, 0.2) is 34.0 Å². The Kier molecular flexibility index (Phi) is 5.49. The molecule has 0 N–H and O–H groups in total. The number of rotatable bonds is 5. The molecule has 2 heterocycles. The molecule has 1 aromatic carbocycles. The fourth-order valence-electron chi connectivity index (χ4n) is 3.75. The number of benzene rings is 1. The third kappa shape index (κ3) is 3.97. The van der Waals surface area contributed by atoms with Crippen LogP contribution in [0.3, 0.4) is 0 Å². The minimum absolute atomic E-state index is 0.0536. The molecule has 7 heteroatoms. The molecule has 6 nitrogen and oxygen atoms in total. The standard InChI is InChI=1S/C21H28N4O2S/c1-15-19(14-24-11-9-23(2)10-12-24)21(26)25(17-7-8-17)22-20(15)16-5-4-6-18(13-16)28(3)27/h4-6,13,17H,7-12,14H2,1-3H3. The first kappa shape index (κ1) is 19.5. The highest BCUT2D eigenvalue weighted by atomic mass is 32.2. The van der Waals surface area contributed by atoms with Gasteiger partial charge in [-0.05, 0) is 44.5 Å². The van der Waals surface area contributed by atoms with Gasteiger partial charge in [-0.25, -0.2) is 4.68 Å². The number of piperazine rings is 1. The van der Waals surface area contributed by atoms with E-state index in [4.69, 9.17) is 5.10 Å². The summed E-state index contributed by atoms with van der Waals surface area (Å²) in [5.41, 5.74) is 3.62. The Labute approximate surface area is 168 Å². The lowest BCUT2D eigenvalue weighted by atomic mass is 10.0. The van der Waals surface area contributed by atoms with Crippen LogP contribution in [0, 0.1) is 6.92 Å². The van der Waals surface area contributed by atoms with Crippen LogP contribution in [0.2, 0.25) is 0 Å². The average molecular weight is 401 g/mol. The second kappa shape index (κ2) is 7.89. The van der Waals surface area contributed by atoms with E-state index in [0.29, 0.717) is 6.54 Å². The van der Waals surface area contributed by atoms with Crippen LogP contribution in [-0.2, 0) is 17.3 Å².